The number of hydrogen-bond acceptors (Lipinski definition) is 2. The van der Waals surface area contributed by atoms with Gasteiger partial charge in [-0.3, -0.25) is 4.79 Å². The molecule has 0 saturated carbocycles. The Bertz CT molecular complexity index is 488. The van der Waals surface area contributed by atoms with Gasteiger partial charge in [-0.05, 0) is 24.5 Å². The van der Waals surface area contributed by atoms with Crippen LogP contribution in [0.15, 0.2) is 24.3 Å². The van der Waals surface area contributed by atoms with E-state index in [0.29, 0.717) is 13.0 Å². The Morgan fingerprint density at radius 3 is 2.57 bits per heavy atom. The van der Waals surface area contributed by atoms with E-state index in [9.17, 15) is 9.59 Å². The number of carbonyl (C=O) groups is 2. The standard InChI is InChI=1S/C16H24N2O3/c1-4-7-14(10-15(19)20)17-16(21)18(3)11-13-9-6-5-8-12(13)2/h5-6,8-9,14H,4,7,10-11H2,1-3H3,(H,17,21)(H,19,20). The van der Waals surface area contributed by atoms with Crippen LogP contribution in [0.2, 0.25) is 0 Å². The highest BCUT2D eigenvalue weighted by Gasteiger charge is 2.17. The second-order valence-electron chi connectivity index (χ2n) is 5.32. The lowest BCUT2D eigenvalue weighted by atomic mass is 10.1. The third-order valence-electron chi connectivity index (χ3n) is 3.40. The van der Waals surface area contributed by atoms with Crippen LogP contribution in [0.5, 0.6) is 0 Å². The SMILES string of the molecule is CCCC(CC(=O)O)NC(=O)N(C)Cc1ccccc1C. The van der Waals surface area contributed by atoms with Crippen LogP contribution in [0.1, 0.15) is 37.3 Å². The summed E-state index contributed by atoms with van der Waals surface area (Å²) in [6.45, 7) is 4.48. The molecule has 1 aromatic carbocycles. The van der Waals surface area contributed by atoms with Crippen LogP contribution in [0.3, 0.4) is 0 Å². The molecule has 1 aromatic rings. The zero-order valence-corrected chi connectivity index (χ0v) is 12.9. The van der Waals surface area contributed by atoms with Gasteiger partial charge in [-0.15, -0.1) is 0 Å². The minimum Gasteiger partial charge on any atom is -0.481 e. The summed E-state index contributed by atoms with van der Waals surface area (Å²) >= 11 is 0. The average molecular weight is 292 g/mol. The monoisotopic (exact) mass is 292 g/mol. The first-order valence-electron chi connectivity index (χ1n) is 7.22. The Labute approximate surface area is 126 Å². The van der Waals surface area contributed by atoms with E-state index < -0.39 is 5.97 Å². The van der Waals surface area contributed by atoms with Gasteiger partial charge in [0.2, 0.25) is 0 Å². The van der Waals surface area contributed by atoms with Crippen molar-refractivity contribution in [3.63, 3.8) is 0 Å². The number of benzene rings is 1. The minimum atomic E-state index is -0.893. The van der Waals surface area contributed by atoms with Gasteiger partial charge >= 0.3 is 12.0 Å². The van der Waals surface area contributed by atoms with Gasteiger partial charge in [-0.25, -0.2) is 4.79 Å². The van der Waals surface area contributed by atoms with Gasteiger partial charge in [0.1, 0.15) is 0 Å². The van der Waals surface area contributed by atoms with Gasteiger partial charge in [0.05, 0.1) is 6.42 Å². The molecular weight excluding hydrogens is 268 g/mol. The third-order valence-corrected chi connectivity index (χ3v) is 3.40. The Morgan fingerprint density at radius 2 is 2.00 bits per heavy atom. The molecule has 0 radical (unpaired) electrons. The number of nitrogens with zero attached hydrogens (tertiary/aromatic N) is 1. The van der Waals surface area contributed by atoms with Crippen molar-refractivity contribution in [1.29, 1.82) is 0 Å². The number of urea groups is 1. The number of hydrogen-bond donors (Lipinski definition) is 2. The van der Waals surface area contributed by atoms with Gasteiger partial charge in [0.15, 0.2) is 0 Å². The molecule has 0 aliphatic carbocycles. The first-order valence-corrected chi connectivity index (χ1v) is 7.22. The van der Waals surface area contributed by atoms with E-state index >= 15 is 0 Å². The van der Waals surface area contributed by atoms with E-state index in [0.717, 1.165) is 17.5 Å². The Kier molecular flexibility index (Phi) is 6.72. The number of amides is 2. The highest BCUT2D eigenvalue weighted by atomic mass is 16.4. The van der Waals surface area contributed by atoms with E-state index in [1.165, 1.54) is 0 Å². The third kappa shape index (κ3) is 5.85. The van der Waals surface area contributed by atoms with Crippen LogP contribution in [0.4, 0.5) is 4.79 Å². The van der Waals surface area contributed by atoms with Crippen LogP contribution < -0.4 is 5.32 Å². The molecule has 2 N–H and O–H groups in total. The zero-order chi connectivity index (χ0) is 15.8. The molecule has 116 valence electrons. The molecule has 0 aromatic heterocycles. The summed E-state index contributed by atoms with van der Waals surface area (Å²) in [5.74, 6) is -0.893. The fourth-order valence-electron chi connectivity index (χ4n) is 2.18. The Hall–Kier alpha value is -2.04. The number of carboxylic acids is 1. The van der Waals surface area contributed by atoms with Crippen molar-refractivity contribution in [3.8, 4) is 0 Å². The van der Waals surface area contributed by atoms with Crippen molar-refractivity contribution < 1.29 is 14.7 Å². The number of aryl methyl sites for hydroxylation is 1. The number of nitrogens with one attached hydrogen (secondary N) is 1. The van der Waals surface area contributed by atoms with Gasteiger partial charge in [0, 0.05) is 19.6 Å². The van der Waals surface area contributed by atoms with Crippen LogP contribution >= 0.6 is 0 Å². The number of aliphatic carboxylic acids is 1. The normalized spacial score (nSPS) is 11.8. The van der Waals surface area contributed by atoms with Crippen molar-refractivity contribution in [3.05, 3.63) is 35.4 Å². The predicted octanol–water partition coefficient (Wildman–Crippen LogP) is 2.78. The maximum atomic E-state index is 12.1. The van der Waals surface area contributed by atoms with Crippen molar-refractivity contribution in [1.82, 2.24) is 10.2 Å². The van der Waals surface area contributed by atoms with Crippen molar-refractivity contribution in [2.75, 3.05) is 7.05 Å². The molecule has 0 heterocycles. The molecule has 0 aliphatic heterocycles. The minimum absolute atomic E-state index is 0.0439. The predicted molar refractivity (Wildman–Crippen MR) is 82.1 cm³/mol. The average Bonchev–Trinajstić information content (AvgIpc) is 2.40. The van der Waals surface area contributed by atoms with Gasteiger partial charge in [-0.1, -0.05) is 37.6 Å². The van der Waals surface area contributed by atoms with E-state index in [1.807, 2.05) is 38.1 Å². The Balaban J connectivity index is 2.60. The van der Waals surface area contributed by atoms with Crippen LogP contribution in [0, 0.1) is 6.92 Å². The second kappa shape index (κ2) is 8.29. The molecule has 0 aliphatic rings. The quantitative estimate of drug-likeness (QED) is 0.812. The fourth-order valence-corrected chi connectivity index (χ4v) is 2.18. The maximum absolute atomic E-state index is 12.1. The zero-order valence-electron chi connectivity index (χ0n) is 12.9. The molecule has 5 nitrogen and oxygen atoms in total. The molecule has 1 rings (SSSR count). The van der Waals surface area contributed by atoms with Crippen LogP contribution in [-0.2, 0) is 11.3 Å². The molecule has 0 saturated heterocycles. The molecule has 0 spiro atoms. The summed E-state index contributed by atoms with van der Waals surface area (Å²) in [5.41, 5.74) is 2.22. The highest BCUT2D eigenvalue weighted by Crippen LogP contribution is 2.10. The molecule has 0 bridgehead atoms. The van der Waals surface area contributed by atoms with Gasteiger partial charge in [-0.2, -0.15) is 0 Å². The smallest absolute Gasteiger partial charge is 0.317 e. The summed E-state index contributed by atoms with van der Waals surface area (Å²) in [5, 5.41) is 11.7. The lowest BCUT2D eigenvalue weighted by molar-refractivity contribution is -0.137. The largest absolute Gasteiger partial charge is 0.481 e. The summed E-state index contributed by atoms with van der Waals surface area (Å²) < 4.78 is 0. The summed E-state index contributed by atoms with van der Waals surface area (Å²) in [6.07, 6.45) is 1.45. The topological polar surface area (TPSA) is 69.6 Å². The number of carboxylic acid groups (broad SMARTS) is 1. The van der Waals surface area contributed by atoms with Gasteiger partial charge < -0.3 is 15.3 Å². The number of rotatable bonds is 7. The molecule has 5 heteroatoms. The Morgan fingerprint density at radius 1 is 1.33 bits per heavy atom. The first-order chi connectivity index (χ1) is 9.93. The van der Waals surface area contributed by atoms with E-state index in [1.54, 1.807) is 11.9 Å². The lowest BCUT2D eigenvalue weighted by Crippen LogP contribution is -2.43. The van der Waals surface area contributed by atoms with Crippen molar-refractivity contribution >= 4 is 12.0 Å². The van der Waals surface area contributed by atoms with E-state index in [2.05, 4.69) is 5.32 Å². The number of carbonyl (C=O) groups excluding carboxylic acids is 1. The molecule has 21 heavy (non-hydrogen) atoms. The van der Waals surface area contributed by atoms with Crippen LogP contribution in [-0.4, -0.2) is 35.1 Å². The first kappa shape index (κ1) is 17.0. The molecular formula is C16H24N2O3. The van der Waals surface area contributed by atoms with Crippen molar-refractivity contribution in [2.45, 2.75) is 45.7 Å². The van der Waals surface area contributed by atoms with Crippen LogP contribution in [0.25, 0.3) is 0 Å². The lowest BCUT2D eigenvalue weighted by Gasteiger charge is -2.23. The summed E-state index contributed by atoms with van der Waals surface area (Å²) in [6, 6.07) is 7.34. The van der Waals surface area contributed by atoms with E-state index in [-0.39, 0.29) is 18.5 Å². The second-order valence-corrected chi connectivity index (χ2v) is 5.32. The van der Waals surface area contributed by atoms with Gasteiger partial charge in [0.25, 0.3) is 0 Å². The highest BCUT2D eigenvalue weighted by molar-refractivity contribution is 5.75. The van der Waals surface area contributed by atoms with Crippen molar-refractivity contribution in [2.24, 2.45) is 0 Å². The molecule has 0 fully saturated rings. The summed E-state index contributed by atoms with van der Waals surface area (Å²) in [4.78, 5) is 24.5. The van der Waals surface area contributed by atoms with E-state index in [4.69, 9.17) is 5.11 Å². The fraction of sp³-hybridized carbons (Fsp3) is 0.500. The molecule has 1 atom stereocenters. The molecule has 1 unspecified atom stereocenters. The maximum Gasteiger partial charge on any atom is 0.317 e. The summed E-state index contributed by atoms with van der Waals surface area (Å²) in [7, 11) is 1.71. The molecule has 2 amide bonds.